The van der Waals surface area contributed by atoms with Gasteiger partial charge in [0, 0.05) is 15.5 Å². The zero-order valence-electron chi connectivity index (χ0n) is 11.0. The Morgan fingerprint density at radius 2 is 1.70 bits per heavy atom. The van der Waals surface area contributed by atoms with E-state index in [9.17, 15) is 0 Å². The molecule has 0 aliphatic rings. The van der Waals surface area contributed by atoms with E-state index in [0.29, 0.717) is 10.0 Å². The molecule has 1 unspecified atom stereocenters. The van der Waals surface area contributed by atoms with Gasteiger partial charge in [0.2, 0.25) is 0 Å². The van der Waals surface area contributed by atoms with Gasteiger partial charge in [-0.25, -0.2) is 0 Å². The summed E-state index contributed by atoms with van der Waals surface area (Å²) in [6.45, 7) is 4.03. The predicted molar refractivity (Wildman–Crippen MR) is 92.4 cm³/mol. The Morgan fingerprint density at radius 1 is 1.00 bits per heavy atom. The number of benzene rings is 2. The summed E-state index contributed by atoms with van der Waals surface area (Å²) in [6, 6.07) is 9.61. The van der Waals surface area contributed by atoms with Crippen molar-refractivity contribution in [1.29, 1.82) is 0 Å². The van der Waals surface area contributed by atoms with Crippen molar-refractivity contribution in [3.63, 3.8) is 0 Å². The average molecular weight is 394 g/mol. The summed E-state index contributed by atoms with van der Waals surface area (Å²) < 4.78 is 0.978. The van der Waals surface area contributed by atoms with Gasteiger partial charge in [-0.1, -0.05) is 40.9 Å². The number of anilines is 1. The molecule has 2 aromatic rings. The Hall–Kier alpha value is -0.410. The van der Waals surface area contributed by atoms with Gasteiger partial charge in [-0.15, -0.1) is 0 Å². The normalized spacial score (nSPS) is 12.3. The lowest BCUT2D eigenvalue weighted by atomic mass is 10.1. The molecule has 1 N–H and O–H groups in total. The predicted octanol–water partition coefficient (Wildman–Crippen LogP) is 6.89. The Balaban J connectivity index is 2.25. The first-order valence-electron chi connectivity index (χ1n) is 6.05. The molecule has 0 fully saturated rings. The van der Waals surface area contributed by atoms with E-state index in [1.54, 1.807) is 6.07 Å². The minimum Gasteiger partial charge on any atom is -0.378 e. The third-order valence-corrected chi connectivity index (χ3v) is 4.87. The Labute approximate surface area is 142 Å². The van der Waals surface area contributed by atoms with Crippen LogP contribution >= 0.6 is 50.7 Å². The molecule has 0 saturated heterocycles. The van der Waals surface area contributed by atoms with E-state index in [-0.39, 0.29) is 6.04 Å². The van der Waals surface area contributed by atoms with Gasteiger partial charge < -0.3 is 5.32 Å². The van der Waals surface area contributed by atoms with Crippen LogP contribution in [-0.2, 0) is 0 Å². The van der Waals surface area contributed by atoms with E-state index in [1.807, 2.05) is 31.2 Å². The Morgan fingerprint density at radius 3 is 2.35 bits per heavy atom. The van der Waals surface area contributed by atoms with Crippen LogP contribution in [0, 0.1) is 6.92 Å². The van der Waals surface area contributed by atoms with Crippen molar-refractivity contribution in [2.45, 2.75) is 19.9 Å². The number of hydrogen-bond donors (Lipinski definition) is 1. The van der Waals surface area contributed by atoms with E-state index in [0.717, 1.165) is 26.3 Å². The minimum absolute atomic E-state index is 0.0832. The zero-order chi connectivity index (χ0) is 14.9. The van der Waals surface area contributed by atoms with Crippen LogP contribution in [-0.4, -0.2) is 0 Å². The maximum atomic E-state index is 6.16. The highest BCUT2D eigenvalue weighted by atomic mass is 79.9. The van der Waals surface area contributed by atoms with E-state index < -0.39 is 0 Å². The van der Waals surface area contributed by atoms with Crippen LogP contribution < -0.4 is 5.32 Å². The molecule has 106 valence electrons. The highest BCUT2D eigenvalue weighted by molar-refractivity contribution is 9.10. The molecule has 1 nitrogen and oxygen atoms in total. The fourth-order valence-electron chi connectivity index (χ4n) is 1.86. The molecule has 0 bridgehead atoms. The molecule has 0 aliphatic carbocycles. The van der Waals surface area contributed by atoms with Crippen LogP contribution in [0.15, 0.2) is 34.8 Å². The van der Waals surface area contributed by atoms with Crippen molar-refractivity contribution in [1.82, 2.24) is 0 Å². The number of aryl methyl sites for hydroxylation is 1. The van der Waals surface area contributed by atoms with Gasteiger partial charge in [-0.3, -0.25) is 0 Å². The Kier molecular flexibility index (Phi) is 5.25. The van der Waals surface area contributed by atoms with Crippen LogP contribution in [0.3, 0.4) is 0 Å². The van der Waals surface area contributed by atoms with Gasteiger partial charge in [0.25, 0.3) is 0 Å². The number of rotatable bonds is 3. The molecule has 0 radical (unpaired) electrons. The van der Waals surface area contributed by atoms with Crippen molar-refractivity contribution < 1.29 is 0 Å². The van der Waals surface area contributed by atoms with Crippen molar-refractivity contribution >= 4 is 56.4 Å². The number of halogens is 4. The van der Waals surface area contributed by atoms with Crippen LogP contribution in [0.2, 0.25) is 15.1 Å². The molecule has 5 heteroatoms. The van der Waals surface area contributed by atoms with Crippen molar-refractivity contribution in [2.24, 2.45) is 0 Å². The summed E-state index contributed by atoms with van der Waals surface area (Å²) >= 11 is 21.7. The maximum Gasteiger partial charge on any atom is 0.0595 e. The van der Waals surface area contributed by atoms with Crippen molar-refractivity contribution in [3.8, 4) is 0 Å². The van der Waals surface area contributed by atoms with E-state index in [4.69, 9.17) is 34.8 Å². The largest absolute Gasteiger partial charge is 0.378 e. The molecule has 2 aromatic carbocycles. The van der Waals surface area contributed by atoms with Gasteiger partial charge in [0.05, 0.1) is 15.7 Å². The molecule has 0 aliphatic heterocycles. The number of hydrogen-bond acceptors (Lipinski definition) is 1. The molecule has 0 amide bonds. The first-order valence-corrected chi connectivity index (χ1v) is 7.98. The highest BCUT2D eigenvalue weighted by Gasteiger charge is 2.11. The lowest BCUT2D eigenvalue weighted by Gasteiger charge is -2.18. The third kappa shape index (κ3) is 3.62. The summed E-state index contributed by atoms with van der Waals surface area (Å²) in [5.41, 5.74) is 3.04. The molecule has 0 spiro atoms. The lowest BCUT2D eigenvalue weighted by Crippen LogP contribution is -2.07. The summed E-state index contributed by atoms with van der Waals surface area (Å²) in [5, 5.41) is 5.25. The van der Waals surface area contributed by atoms with Crippen LogP contribution in [0.5, 0.6) is 0 Å². The second kappa shape index (κ2) is 6.57. The molecule has 0 heterocycles. The first kappa shape index (κ1) is 16.0. The molecule has 0 aromatic heterocycles. The molecule has 0 saturated carbocycles. The molecular weight excluding hydrogens is 380 g/mol. The standard InChI is InChI=1S/C15H13BrCl3N/c1-8-5-11(16)15(7-13(8)18)20-9(2)10-3-4-12(17)14(19)6-10/h3-7,9,20H,1-2H3. The van der Waals surface area contributed by atoms with E-state index in [1.165, 1.54) is 0 Å². The fourth-order valence-corrected chi connectivity index (χ4v) is 2.90. The molecular formula is C15H13BrCl3N. The van der Waals surface area contributed by atoms with Gasteiger partial charge in [0.1, 0.15) is 0 Å². The van der Waals surface area contributed by atoms with Crippen LogP contribution in [0.1, 0.15) is 24.1 Å². The van der Waals surface area contributed by atoms with Crippen molar-refractivity contribution in [3.05, 3.63) is 61.0 Å². The fraction of sp³-hybridized carbons (Fsp3) is 0.200. The lowest BCUT2D eigenvalue weighted by molar-refractivity contribution is 0.883. The molecule has 20 heavy (non-hydrogen) atoms. The van der Waals surface area contributed by atoms with Gasteiger partial charge in [-0.05, 0) is 65.2 Å². The molecule has 1 atom stereocenters. The summed E-state index contributed by atoms with van der Waals surface area (Å²) in [4.78, 5) is 0. The zero-order valence-corrected chi connectivity index (χ0v) is 14.8. The smallest absolute Gasteiger partial charge is 0.0595 e. The van der Waals surface area contributed by atoms with Crippen LogP contribution in [0.4, 0.5) is 5.69 Å². The monoisotopic (exact) mass is 391 g/mol. The summed E-state index contributed by atoms with van der Waals surface area (Å²) in [7, 11) is 0. The van der Waals surface area contributed by atoms with Gasteiger partial charge >= 0.3 is 0 Å². The minimum atomic E-state index is 0.0832. The second-order valence-electron chi connectivity index (χ2n) is 4.62. The first-order chi connectivity index (χ1) is 9.38. The van der Waals surface area contributed by atoms with E-state index in [2.05, 4.69) is 28.2 Å². The topological polar surface area (TPSA) is 12.0 Å². The summed E-state index contributed by atoms with van der Waals surface area (Å²) in [6.07, 6.45) is 0. The average Bonchev–Trinajstić information content (AvgIpc) is 2.39. The third-order valence-electron chi connectivity index (χ3n) is 3.06. The van der Waals surface area contributed by atoms with E-state index >= 15 is 0 Å². The quantitative estimate of drug-likeness (QED) is 0.598. The van der Waals surface area contributed by atoms with Gasteiger partial charge in [0.15, 0.2) is 0 Å². The van der Waals surface area contributed by atoms with Gasteiger partial charge in [-0.2, -0.15) is 0 Å². The number of nitrogens with one attached hydrogen (secondary N) is 1. The Bertz CT molecular complexity index is 643. The highest BCUT2D eigenvalue weighted by Crippen LogP contribution is 2.33. The summed E-state index contributed by atoms with van der Waals surface area (Å²) in [5.74, 6) is 0. The second-order valence-corrected chi connectivity index (χ2v) is 6.70. The van der Waals surface area contributed by atoms with Crippen LogP contribution in [0.25, 0.3) is 0 Å². The SMILES string of the molecule is Cc1cc(Br)c(NC(C)c2ccc(Cl)c(Cl)c2)cc1Cl. The molecule has 2 rings (SSSR count). The maximum absolute atomic E-state index is 6.16. The van der Waals surface area contributed by atoms with Crippen molar-refractivity contribution in [2.75, 3.05) is 5.32 Å².